The van der Waals surface area contributed by atoms with Gasteiger partial charge in [0, 0.05) is 11.3 Å². The van der Waals surface area contributed by atoms with Crippen LogP contribution in [-0.2, 0) is 16.8 Å². The molecule has 0 aliphatic rings. The Labute approximate surface area is 252 Å². The van der Waals surface area contributed by atoms with Crippen LogP contribution >= 0.6 is 11.3 Å². The van der Waals surface area contributed by atoms with E-state index in [0.29, 0.717) is 18.1 Å². The zero-order valence-corrected chi connectivity index (χ0v) is 26.8. The Hall–Kier alpha value is -2.86. The highest BCUT2D eigenvalue weighted by Gasteiger charge is 2.18. The van der Waals surface area contributed by atoms with E-state index >= 15 is 0 Å². The van der Waals surface area contributed by atoms with Gasteiger partial charge in [-0.1, -0.05) is 115 Å². The van der Waals surface area contributed by atoms with Gasteiger partial charge in [-0.15, -0.1) is 0 Å². The molecule has 1 heterocycles. The fourth-order valence-corrected chi connectivity index (χ4v) is 5.44. The molecule has 2 aromatic carbocycles. The van der Waals surface area contributed by atoms with Crippen molar-refractivity contribution in [2.75, 3.05) is 18.5 Å². The van der Waals surface area contributed by atoms with E-state index in [4.69, 9.17) is 9.47 Å². The summed E-state index contributed by atoms with van der Waals surface area (Å²) in [5, 5.41) is 2.98. The summed E-state index contributed by atoms with van der Waals surface area (Å²) in [5.74, 6) is 1.13. The second kappa shape index (κ2) is 17.2. The van der Waals surface area contributed by atoms with Crippen LogP contribution in [0.2, 0.25) is 0 Å². The van der Waals surface area contributed by atoms with E-state index in [1.165, 1.54) is 68.2 Å². The van der Waals surface area contributed by atoms with Crippen LogP contribution in [0.15, 0.2) is 54.2 Å². The van der Waals surface area contributed by atoms with Gasteiger partial charge >= 0.3 is 0 Å². The topological polar surface area (TPSA) is 51.4 Å². The van der Waals surface area contributed by atoms with Crippen LogP contribution < -0.4 is 19.4 Å². The Morgan fingerprint density at radius 2 is 1.59 bits per heavy atom. The number of hydrogen-bond donors (Lipinski definition) is 1. The first-order chi connectivity index (χ1) is 19.7. The first kappa shape index (κ1) is 32.7. The minimum Gasteiger partial charge on any atom is -0.490 e. The van der Waals surface area contributed by atoms with Crippen LogP contribution in [0, 0.1) is 6.92 Å². The van der Waals surface area contributed by atoms with Gasteiger partial charge in [0.15, 0.2) is 30.8 Å². The van der Waals surface area contributed by atoms with Crippen molar-refractivity contribution in [1.29, 1.82) is 0 Å². The van der Waals surface area contributed by atoms with Gasteiger partial charge in [-0.05, 0) is 48.6 Å². The predicted octanol–water partition coefficient (Wildman–Crippen LogP) is 9.01. The van der Waals surface area contributed by atoms with Crippen molar-refractivity contribution in [3.8, 4) is 11.5 Å². The largest absolute Gasteiger partial charge is 0.490 e. The lowest BCUT2D eigenvalue weighted by Gasteiger charge is -2.21. The Morgan fingerprint density at radius 1 is 0.878 bits per heavy atom. The molecule has 0 bridgehead atoms. The Morgan fingerprint density at radius 3 is 2.24 bits per heavy atom. The minimum absolute atomic E-state index is 0.00380. The molecule has 3 aromatic rings. The van der Waals surface area contributed by atoms with Crippen molar-refractivity contribution in [2.24, 2.45) is 0 Å². The van der Waals surface area contributed by atoms with E-state index in [0.717, 1.165) is 24.2 Å². The molecule has 5 nitrogen and oxygen atoms in total. The number of benzene rings is 2. The summed E-state index contributed by atoms with van der Waals surface area (Å²) in [5.41, 5.74) is 5.19. The molecule has 1 amide bonds. The lowest BCUT2D eigenvalue weighted by Crippen LogP contribution is -2.30. The highest BCUT2D eigenvalue weighted by Crippen LogP contribution is 2.33. The van der Waals surface area contributed by atoms with Gasteiger partial charge in [-0.25, -0.2) is 0 Å². The highest BCUT2D eigenvalue weighted by atomic mass is 32.1. The fourth-order valence-electron chi connectivity index (χ4n) is 4.80. The maximum Gasteiger partial charge on any atom is 0.262 e. The molecule has 0 radical (unpaired) electrons. The maximum atomic E-state index is 12.8. The van der Waals surface area contributed by atoms with Crippen molar-refractivity contribution < 1.29 is 18.8 Å². The number of carbonyl (C=O) groups is 1. The molecular formula is C35H51N2O3S+. The smallest absolute Gasteiger partial charge is 0.262 e. The molecule has 1 aromatic heterocycles. The number of anilines is 1. The zero-order valence-electron chi connectivity index (χ0n) is 26.0. The van der Waals surface area contributed by atoms with Gasteiger partial charge < -0.3 is 14.8 Å². The summed E-state index contributed by atoms with van der Waals surface area (Å²) >= 11 is 1.72. The van der Waals surface area contributed by atoms with E-state index in [2.05, 4.69) is 74.4 Å². The number of carbonyl (C=O) groups excluding carboxylic acids is 1. The van der Waals surface area contributed by atoms with Gasteiger partial charge in [0.1, 0.15) is 0 Å². The van der Waals surface area contributed by atoms with E-state index < -0.39 is 0 Å². The molecule has 0 aliphatic carbocycles. The first-order valence-corrected chi connectivity index (χ1v) is 16.4. The van der Waals surface area contributed by atoms with E-state index in [1.807, 2.05) is 24.3 Å². The first-order valence-electron chi connectivity index (χ1n) is 15.5. The summed E-state index contributed by atoms with van der Waals surface area (Å²) in [6.07, 6.45) is 15.0. The monoisotopic (exact) mass is 579 g/mol. The third-order valence-corrected chi connectivity index (χ3v) is 8.07. The molecule has 0 fully saturated rings. The highest BCUT2D eigenvalue weighted by molar-refractivity contribution is 7.09. The number of nitrogens with zero attached hydrogens (tertiary/aromatic N) is 1. The van der Waals surface area contributed by atoms with Crippen molar-refractivity contribution in [1.82, 2.24) is 0 Å². The van der Waals surface area contributed by atoms with Crippen molar-refractivity contribution in [2.45, 2.75) is 111 Å². The van der Waals surface area contributed by atoms with Crippen LogP contribution in [0.25, 0.3) is 0 Å². The van der Waals surface area contributed by atoms with Gasteiger partial charge in [-0.3, -0.25) is 4.79 Å². The van der Waals surface area contributed by atoms with E-state index in [-0.39, 0.29) is 17.9 Å². The SMILES string of the molecule is CCCCCCCCCCCCOc1cc(C(C)(C)C)ccc1OCC(=O)Nc1cccc(C[n+]2csc(C)c2)c1. The van der Waals surface area contributed by atoms with Gasteiger partial charge in [0.2, 0.25) is 5.51 Å². The molecule has 3 rings (SSSR count). The van der Waals surface area contributed by atoms with Crippen LogP contribution in [0.5, 0.6) is 11.5 Å². The van der Waals surface area contributed by atoms with Crippen LogP contribution in [0.4, 0.5) is 5.69 Å². The number of aryl methyl sites for hydroxylation is 1. The Balaban J connectivity index is 1.48. The van der Waals surface area contributed by atoms with Crippen LogP contribution in [-0.4, -0.2) is 19.1 Å². The normalized spacial score (nSPS) is 11.4. The summed E-state index contributed by atoms with van der Waals surface area (Å²) in [7, 11) is 0. The van der Waals surface area contributed by atoms with Gasteiger partial charge in [-0.2, -0.15) is 4.57 Å². The number of rotatable bonds is 18. The molecule has 0 unspecified atom stereocenters. The number of ether oxygens (including phenoxy) is 2. The Kier molecular flexibility index (Phi) is 13.7. The summed E-state index contributed by atoms with van der Waals surface area (Å²) in [6.45, 7) is 12.3. The fraction of sp³-hybridized carbons (Fsp3) is 0.543. The molecule has 0 saturated carbocycles. The quantitative estimate of drug-likeness (QED) is 0.121. The van der Waals surface area contributed by atoms with Gasteiger partial charge in [0.25, 0.3) is 5.91 Å². The number of thiazole rings is 1. The molecule has 41 heavy (non-hydrogen) atoms. The molecule has 0 aliphatic heterocycles. The average molecular weight is 580 g/mol. The standard InChI is InChI=1S/C35H50N2O3S/c1-6-7-8-9-10-11-12-13-14-15-21-39-33-23-30(35(3,4)5)19-20-32(33)40-26-34(38)36-31-18-16-17-29(22-31)25-37-24-28(2)41-27-37/h16-20,22-24,27H,6-15,21,25-26H2,1-5H3/p+1. The number of aromatic nitrogens is 1. The summed E-state index contributed by atoms with van der Waals surface area (Å²) < 4.78 is 14.3. The van der Waals surface area contributed by atoms with Crippen molar-refractivity contribution in [3.05, 3.63) is 70.2 Å². The number of nitrogens with one attached hydrogen (secondary N) is 1. The molecule has 224 valence electrons. The second-order valence-corrected chi connectivity index (χ2v) is 13.2. The molecule has 0 atom stereocenters. The number of amides is 1. The molecule has 0 saturated heterocycles. The maximum absolute atomic E-state index is 12.8. The van der Waals surface area contributed by atoms with Crippen molar-refractivity contribution in [3.63, 3.8) is 0 Å². The Bertz CT molecular complexity index is 1200. The van der Waals surface area contributed by atoms with Gasteiger partial charge in [0.05, 0.1) is 11.5 Å². The van der Waals surface area contributed by atoms with Crippen LogP contribution in [0.3, 0.4) is 0 Å². The molecule has 0 spiro atoms. The summed E-state index contributed by atoms with van der Waals surface area (Å²) in [4.78, 5) is 14.0. The lowest BCUT2D eigenvalue weighted by molar-refractivity contribution is -0.683. The minimum atomic E-state index is -0.193. The second-order valence-electron chi connectivity index (χ2n) is 12.1. The molecular weight excluding hydrogens is 528 g/mol. The summed E-state index contributed by atoms with van der Waals surface area (Å²) in [6, 6.07) is 14.0. The predicted molar refractivity (Wildman–Crippen MR) is 171 cm³/mol. The number of hydrogen-bond acceptors (Lipinski definition) is 4. The van der Waals surface area contributed by atoms with Crippen LogP contribution in [0.1, 0.15) is 108 Å². The third kappa shape index (κ3) is 12.3. The van der Waals surface area contributed by atoms with E-state index in [9.17, 15) is 4.79 Å². The zero-order chi connectivity index (χ0) is 29.5. The number of unbranched alkanes of at least 4 members (excludes halogenated alkanes) is 9. The van der Waals surface area contributed by atoms with E-state index in [1.54, 1.807) is 11.3 Å². The molecule has 6 heteroatoms. The van der Waals surface area contributed by atoms with Crippen molar-refractivity contribution >= 4 is 22.9 Å². The lowest BCUT2D eigenvalue weighted by atomic mass is 9.87. The average Bonchev–Trinajstić information content (AvgIpc) is 3.34. The molecule has 1 N–H and O–H groups in total. The third-order valence-electron chi connectivity index (χ3n) is 7.22.